The SMILES string of the molecule is C=C(CN1C(=O)NC(c2ccc(OC)c(OC)c2)C1=O)C(=O)OC(C)C. The van der Waals surface area contributed by atoms with Crippen molar-refractivity contribution in [3.63, 3.8) is 0 Å². The molecule has 1 fully saturated rings. The van der Waals surface area contributed by atoms with Gasteiger partial charge in [-0.1, -0.05) is 12.6 Å². The van der Waals surface area contributed by atoms with Crippen LogP contribution in [0.5, 0.6) is 11.5 Å². The topological polar surface area (TPSA) is 94.2 Å². The van der Waals surface area contributed by atoms with Crippen molar-refractivity contribution in [1.29, 1.82) is 0 Å². The maximum Gasteiger partial charge on any atom is 0.335 e. The third kappa shape index (κ3) is 3.96. The molecule has 1 aromatic rings. The number of rotatable bonds is 7. The molecule has 0 aliphatic carbocycles. The minimum Gasteiger partial charge on any atom is -0.493 e. The van der Waals surface area contributed by atoms with E-state index >= 15 is 0 Å². The number of carbonyl (C=O) groups is 3. The molecule has 0 bridgehead atoms. The number of ether oxygens (including phenoxy) is 3. The molecule has 3 amide bonds. The zero-order valence-electron chi connectivity index (χ0n) is 15.2. The van der Waals surface area contributed by atoms with Crippen molar-refractivity contribution >= 4 is 17.9 Å². The molecule has 1 aliphatic heterocycles. The highest BCUT2D eigenvalue weighted by atomic mass is 16.5. The Labute approximate surface area is 151 Å². The van der Waals surface area contributed by atoms with Gasteiger partial charge in [0.05, 0.1) is 26.9 Å². The molecule has 1 unspecified atom stereocenters. The van der Waals surface area contributed by atoms with E-state index in [0.717, 1.165) is 4.90 Å². The van der Waals surface area contributed by atoms with Gasteiger partial charge in [0.15, 0.2) is 11.5 Å². The van der Waals surface area contributed by atoms with Gasteiger partial charge in [0, 0.05) is 5.57 Å². The van der Waals surface area contributed by atoms with Crippen LogP contribution >= 0.6 is 0 Å². The first-order valence-electron chi connectivity index (χ1n) is 8.01. The molecule has 26 heavy (non-hydrogen) atoms. The van der Waals surface area contributed by atoms with Crippen LogP contribution in [0, 0.1) is 0 Å². The monoisotopic (exact) mass is 362 g/mol. The molecular formula is C18H22N2O6. The number of amides is 3. The van der Waals surface area contributed by atoms with E-state index in [-0.39, 0.29) is 18.2 Å². The summed E-state index contributed by atoms with van der Waals surface area (Å²) in [5, 5.41) is 2.59. The van der Waals surface area contributed by atoms with Crippen molar-refractivity contribution in [2.24, 2.45) is 0 Å². The largest absolute Gasteiger partial charge is 0.493 e. The molecule has 0 radical (unpaired) electrons. The van der Waals surface area contributed by atoms with Crippen LogP contribution in [0.1, 0.15) is 25.5 Å². The first kappa shape index (κ1) is 19.3. The van der Waals surface area contributed by atoms with E-state index < -0.39 is 23.9 Å². The van der Waals surface area contributed by atoms with Gasteiger partial charge in [0.25, 0.3) is 5.91 Å². The van der Waals surface area contributed by atoms with Crippen LogP contribution in [0.15, 0.2) is 30.4 Å². The zero-order valence-corrected chi connectivity index (χ0v) is 15.2. The van der Waals surface area contributed by atoms with Crippen molar-refractivity contribution in [2.75, 3.05) is 20.8 Å². The molecular weight excluding hydrogens is 340 g/mol. The lowest BCUT2D eigenvalue weighted by Gasteiger charge is -2.16. The normalized spacial score (nSPS) is 16.5. The summed E-state index contributed by atoms with van der Waals surface area (Å²) < 4.78 is 15.4. The van der Waals surface area contributed by atoms with E-state index in [2.05, 4.69) is 11.9 Å². The summed E-state index contributed by atoms with van der Waals surface area (Å²) in [6.45, 7) is 6.77. The molecule has 1 heterocycles. The van der Waals surface area contributed by atoms with Crippen LogP contribution in [0.4, 0.5) is 4.79 Å². The minimum absolute atomic E-state index is 0.0233. The average Bonchev–Trinajstić information content (AvgIpc) is 2.88. The zero-order chi connectivity index (χ0) is 19.4. The number of nitrogens with one attached hydrogen (secondary N) is 1. The average molecular weight is 362 g/mol. The fraction of sp³-hybridized carbons (Fsp3) is 0.389. The van der Waals surface area contributed by atoms with Crippen LogP contribution < -0.4 is 14.8 Å². The number of nitrogens with zero attached hydrogens (tertiary/aromatic N) is 1. The van der Waals surface area contributed by atoms with Gasteiger partial charge >= 0.3 is 12.0 Å². The van der Waals surface area contributed by atoms with Gasteiger partial charge in [0.1, 0.15) is 6.04 Å². The van der Waals surface area contributed by atoms with Crippen LogP contribution in [-0.2, 0) is 14.3 Å². The molecule has 140 valence electrons. The summed E-state index contributed by atoms with van der Waals surface area (Å²) in [5.41, 5.74) is 0.564. The predicted molar refractivity (Wildman–Crippen MR) is 92.9 cm³/mol. The fourth-order valence-corrected chi connectivity index (χ4v) is 2.48. The van der Waals surface area contributed by atoms with Gasteiger partial charge in [-0.15, -0.1) is 0 Å². The van der Waals surface area contributed by atoms with Crippen molar-refractivity contribution in [1.82, 2.24) is 10.2 Å². The Kier molecular flexibility index (Phi) is 5.86. The summed E-state index contributed by atoms with van der Waals surface area (Å²) in [7, 11) is 2.98. The number of hydrogen-bond donors (Lipinski definition) is 1. The summed E-state index contributed by atoms with van der Waals surface area (Å²) in [6, 6.07) is 3.45. The Morgan fingerprint density at radius 3 is 2.46 bits per heavy atom. The number of hydrogen-bond acceptors (Lipinski definition) is 6. The first-order chi connectivity index (χ1) is 12.3. The van der Waals surface area contributed by atoms with Crippen molar-refractivity contribution in [3.05, 3.63) is 35.9 Å². The Bertz CT molecular complexity index is 743. The highest BCUT2D eigenvalue weighted by molar-refractivity contribution is 6.05. The van der Waals surface area contributed by atoms with E-state index in [4.69, 9.17) is 14.2 Å². The summed E-state index contributed by atoms with van der Waals surface area (Å²) in [5.74, 6) is -0.180. The molecule has 1 saturated heterocycles. The molecule has 1 aliphatic rings. The highest BCUT2D eigenvalue weighted by Crippen LogP contribution is 2.32. The van der Waals surface area contributed by atoms with Crippen molar-refractivity contribution in [2.45, 2.75) is 26.0 Å². The second-order valence-corrected chi connectivity index (χ2v) is 5.98. The van der Waals surface area contributed by atoms with Gasteiger partial charge in [-0.3, -0.25) is 9.69 Å². The number of benzene rings is 1. The lowest BCUT2D eigenvalue weighted by molar-refractivity contribution is -0.142. The maximum atomic E-state index is 12.6. The predicted octanol–water partition coefficient (Wildman–Crippen LogP) is 1.80. The molecule has 0 saturated carbocycles. The highest BCUT2D eigenvalue weighted by Gasteiger charge is 2.40. The van der Waals surface area contributed by atoms with Crippen molar-refractivity contribution in [3.8, 4) is 11.5 Å². The van der Waals surface area contributed by atoms with Crippen LogP contribution in [0.2, 0.25) is 0 Å². The number of imide groups is 1. The van der Waals surface area contributed by atoms with Crippen LogP contribution in [-0.4, -0.2) is 49.7 Å². The van der Waals surface area contributed by atoms with Crippen LogP contribution in [0.25, 0.3) is 0 Å². The van der Waals surface area contributed by atoms with Gasteiger partial charge in [0.2, 0.25) is 0 Å². The molecule has 8 nitrogen and oxygen atoms in total. The summed E-state index contributed by atoms with van der Waals surface area (Å²) >= 11 is 0. The fourth-order valence-electron chi connectivity index (χ4n) is 2.48. The Morgan fingerprint density at radius 2 is 1.88 bits per heavy atom. The molecule has 1 aromatic carbocycles. The summed E-state index contributed by atoms with van der Waals surface area (Å²) in [4.78, 5) is 37.6. The van der Waals surface area contributed by atoms with Gasteiger partial charge in [-0.2, -0.15) is 0 Å². The van der Waals surface area contributed by atoms with Gasteiger partial charge in [-0.25, -0.2) is 9.59 Å². The second-order valence-electron chi connectivity index (χ2n) is 5.98. The Morgan fingerprint density at radius 1 is 1.23 bits per heavy atom. The first-order valence-corrected chi connectivity index (χ1v) is 8.01. The number of esters is 1. The molecule has 8 heteroatoms. The smallest absolute Gasteiger partial charge is 0.335 e. The third-order valence-electron chi connectivity index (χ3n) is 3.75. The number of carbonyl (C=O) groups excluding carboxylic acids is 3. The molecule has 1 atom stereocenters. The lowest BCUT2D eigenvalue weighted by atomic mass is 10.1. The second kappa shape index (κ2) is 7.90. The number of urea groups is 1. The standard InChI is InChI=1S/C18H22N2O6/c1-10(2)26-17(22)11(3)9-20-16(21)15(19-18(20)23)12-6-7-13(24-4)14(8-12)25-5/h6-8,10,15H,3,9H2,1-2,4-5H3,(H,19,23). The Balaban J connectivity index is 2.16. The molecule has 1 N–H and O–H groups in total. The van der Waals surface area contributed by atoms with Gasteiger partial charge in [-0.05, 0) is 31.5 Å². The summed E-state index contributed by atoms with van der Waals surface area (Å²) in [6.07, 6.45) is -0.318. The Hall–Kier alpha value is -3.03. The minimum atomic E-state index is -0.878. The quantitative estimate of drug-likeness (QED) is 0.452. The van der Waals surface area contributed by atoms with Crippen molar-refractivity contribution < 1.29 is 28.6 Å². The van der Waals surface area contributed by atoms with E-state index in [1.54, 1.807) is 32.0 Å². The third-order valence-corrected chi connectivity index (χ3v) is 3.75. The van der Waals surface area contributed by atoms with Crippen LogP contribution in [0.3, 0.4) is 0 Å². The lowest BCUT2D eigenvalue weighted by Crippen LogP contribution is -2.34. The molecule has 0 aromatic heterocycles. The van der Waals surface area contributed by atoms with E-state index in [1.807, 2.05) is 0 Å². The van der Waals surface area contributed by atoms with E-state index in [9.17, 15) is 14.4 Å². The molecule has 0 spiro atoms. The molecule has 2 rings (SSSR count). The number of methoxy groups -OCH3 is 2. The van der Waals surface area contributed by atoms with Gasteiger partial charge < -0.3 is 19.5 Å². The maximum absolute atomic E-state index is 12.6. The van der Waals surface area contributed by atoms with E-state index in [0.29, 0.717) is 17.1 Å². The van der Waals surface area contributed by atoms with E-state index in [1.165, 1.54) is 14.2 Å².